The van der Waals surface area contributed by atoms with E-state index in [1.807, 2.05) is 6.07 Å². The van der Waals surface area contributed by atoms with Gasteiger partial charge in [0.1, 0.15) is 5.52 Å². The first kappa shape index (κ1) is 12.9. The topological polar surface area (TPSA) is 81.2 Å². The minimum atomic E-state index is -0.216. The molecule has 0 spiro atoms. The number of nitrogens with one attached hydrogen (secondary N) is 1. The zero-order chi connectivity index (χ0) is 11.8. The van der Waals surface area contributed by atoms with Crippen molar-refractivity contribution in [3.8, 4) is 0 Å². The standard InChI is InChI=1S/C12H13N3O2.ClH/c13-6-11(16)14-8-3-4-9-10(5-8)17-12(15-9)7-1-2-7;/h3-5,7H,1-2,6,13H2,(H,14,16);1H. The highest BCUT2D eigenvalue weighted by molar-refractivity contribution is 5.93. The van der Waals surface area contributed by atoms with Crippen molar-refractivity contribution in [2.24, 2.45) is 5.73 Å². The maximum absolute atomic E-state index is 11.2. The van der Waals surface area contributed by atoms with Gasteiger partial charge in [-0.1, -0.05) is 0 Å². The van der Waals surface area contributed by atoms with Gasteiger partial charge >= 0.3 is 0 Å². The Morgan fingerprint density at radius 3 is 2.94 bits per heavy atom. The predicted molar refractivity (Wildman–Crippen MR) is 70.9 cm³/mol. The Labute approximate surface area is 110 Å². The van der Waals surface area contributed by atoms with E-state index in [4.69, 9.17) is 10.2 Å². The van der Waals surface area contributed by atoms with Crippen LogP contribution in [0.5, 0.6) is 0 Å². The molecule has 1 aromatic carbocycles. The van der Waals surface area contributed by atoms with E-state index >= 15 is 0 Å². The largest absolute Gasteiger partial charge is 0.440 e. The number of carbonyl (C=O) groups is 1. The molecule has 0 bridgehead atoms. The molecule has 0 atom stereocenters. The van der Waals surface area contributed by atoms with Crippen LogP contribution in [0.1, 0.15) is 24.7 Å². The number of anilines is 1. The van der Waals surface area contributed by atoms with Gasteiger partial charge in [0.15, 0.2) is 11.5 Å². The molecule has 2 aromatic rings. The first-order valence-electron chi connectivity index (χ1n) is 5.66. The van der Waals surface area contributed by atoms with Crippen molar-refractivity contribution in [1.82, 2.24) is 4.98 Å². The number of hydrogen-bond donors (Lipinski definition) is 2. The maximum atomic E-state index is 11.2. The molecule has 6 heteroatoms. The van der Waals surface area contributed by atoms with Gasteiger partial charge in [0, 0.05) is 17.7 Å². The molecule has 1 saturated carbocycles. The van der Waals surface area contributed by atoms with E-state index in [1.165, 1.54) is 0 Å². The summed E-state index contributed by atoms with van der Waals surface area (Å²) in [4.78, 5) is 15.6. The molecular formula is C12H14ClN3O2. The Morgan fingerprint density at radius 1 is 1.50 bits per heavy atom. The van der Waals surface area contributed by atoms with E-state index in [1.54, 1.807) is 12.1 Å². The summed E-state index contributed by atoms with van der Waals surface area (Å²) in [6, 6.07) is 5.42. The minimum absolute atomic E-state index is 0. The summed E-state index contributed by atoms with van der Waals surface area (Å²) in [6.45, 7) is -0.0260. The molecule has 1 fully saturated rings. The number of rotatable bonds is 3. The molecule has 96 valence electrons. The summed E-state index contributed by atoms with van der Waals surface area (Å²) >= 11 is 0. The van der Waals surface area contributed by atoms with Crippen LogP contribution in [0, 0.1) is 0 Å². The molecule has 3 rings (SSSR count). The second kappa shape index (κ2) is 4.96. The highest BCUT2D eigenvalue weighted by Gasteiger charge is 2.28. The summed E-state index contributed by atoms with van der Waals surface area (Å²) in [7, 11) is 0. The summed E-state index contributed by atoms with van der Waals surface area (Å²) < 4.78 is 5.65. The second-order valence-electron chi connectivity index (χ2n) is 4.26. The molecule has 1 aliphatic rings. The van der Waals surface area contributed by atoms with E-state index in [2.05, 4.69) is 10.3 Å². The fraction of sp³-hybridized carbons (Fsp3) is 0.333. The average molecular weight is 268 g/mol. The number of hydrogen-bond acceptors (Lipinski definition) is 4. The number of nitrogens with zero attached hydrogens (tertiary/aromatic N) is 1. The van der Waals surface area contributed by atoms with Crippen LogP contribution < -0.4 is 11.1 Å². The van der Waals surface area contributed by atoms with Crippen LogP contribution in [0.25, 0.3) is 11.1 Å². The van der Waals surface area contributed by atoms with Gasteiger partial charge in [0.25, 0.3) is 0 Å². The summed E-state index contributed by atoms with van der Waals surface area (Å²) in [5.74, 6) is 1.08. The van der Waals surface area contributed by atoms with Crippen LogP contribution in [0.4, 0.5) is 5.69 Å². The van der Waals surface area contributed by atoms with Crippen molar-refractivity contribution in [2.75, 3.05) is 11.9 Å². The monoisotopic (exact) mass is 267 g/mol. The molecule has 1 aromatic heterocycles. The van der Waals surface area contributed by atoms with Gasteiger partial charge in [-0.3, -0.25) is 4.79 Å². The summed E-state index contributed by atoms with van der Waals surface area (Å²) in [6.07, 6.45) is 2.31. The zero-order valence-electron chi connectivity index (χ0n) is 9.68. The molecule has 1 aliphatic carbocycles. The number of oxazole rings is 1. The number of nitrogens with two attached hydrogens (primary N) is 1. The molecule has 0 saturated heterocycles. The molecule has 5 nitrogen and oxygen atoms in total. The van der Waals surface area contributed by atoms with E-state index in [-0.39, 0.29) is 24.9 Å². The number of fused-ring (bicyclic) bond motifs is 1. The number of carbonyl (C=O) groups excluding carboxylic acids is 1. The highest BCUT2D eigenvalue weighted by Crippen LogP contribution is 2.40. The van der Waals surface area contributed by atoms with E-state index in [0.717, 1.165) is 24.2 Å². The lowest BCUT2D eigenvalue weighted by Crippen LogP contribution is -2.21. The van der Waals surface area contributed by atoms with Gasteiger partial charge in [0.05, 0.1) is 6.54 Å². The maximum Gasteiger partial charge on any atom is 0.238 e. The number of benzene rings is 1. The number of halogens is 1. The SMILES string of the molecule is Cl.NCC(=O)Nc1ccc2nc(C3CC3)oc2c1. The van der Waals surface area contributed by atoms with Crippen molar-refractivity contribution in [3.63, 3.8) is 0 Å². The normalized spacial score (nSPS) is 14.3. The van der Waals surface area contributed by atoms with Crippen molar-refractivity contribution in [1.29, 1.82) is 0 Å². The minimum Gasteiger partial charge on any atom is -0.440 e. The van der Waals surface area contributed by atoms with Gasteiger partial charge < -0.3 is 15.5 Å². The molecule has 1 heterocycles. The van der Waals surface area contributed by atoms with Crippen LogP contribution >= 0.6 is 12.4 Å². The molecule has 0 unspecified atom stereocenters. The number of aromatic nitrogens is 1. The predicted octanol–water partition coefficient (Wildman–Crippen LogP) is 2.02. The van der Waals surface area contributed by atoms with Crippen LogP contribution in [-0.4, -0.2) is 17.4 Å². The lowest BCUT2D eigenvalue weighted by molar-refractivity contribution is -0.114. The van der Waals surface area contributed by atoms with Gasteiger partial charge in [0.2, 0.25) is 5.91 Å². The van der Waals surface area contributed by atoms with E-state index in [9.17, 15) is 4.79 Å². The third-order valence-electron chi connectivity index (χ3n) is 2.80. The molecule has 0 aliphatic heterocycles. The van der Waals surface area contributed by atoms with Crippen molar-refractivity contribution >= 4 is 35.1 Å². The van der Waals surface area contributed by atoms with Gasteiger partial charge in [-0.05, 0) is 25.0 Å². The molecule has 3 N–H and O–H groups in total. The fourth-order valence-corrected chi connectivity index (χ4v) is 1.74. The smallest absolute Gasteiger partial charge is 0.238 e. The second-order valence-corrected chi connectivity index (χ2v) is 4.26. The number of amides is 1. The molecule has 18 heavy (non-hydrogen) atoms. The first-order chi connectivity index (χ1) is 8.26. The third kappa shape index (κ3) is 2.47. The van der Waals surface area contributed by atoms with Crippen LogP contribution in [-0.2, 0) is 4.79 Å². The Morgan fingerprint density at radius 2 is 2.28 bits per heavy atom. The molecule has 1 amide bonds. The lowest BCUT2D eigenvalue weighted by Gasteiger charge is -2.01. The fourth-order valence-electron chi connectivity index (χ4n) is 1.74. The lowest BCUT2D eigenvalue weighted by atomic mass is 10.3. The van der Waals surface area contributed by atoms with Gasteiger partial charge in [-0.25, -0.2) is 4.98 Å². The zero-order valence-corrected chi connectivity index (χ0v) is 10.5. The van der Waals surface area contributed by atoms with Crippen molar-refractivity contribution < 1.29 is 9.21 Å². The summed E-state index contributed by atoms with van der Waals surface area (Å²) in [5, 5.41) is 2.69. The van der Waals surface area contributed by atoms with Crippen molar-refractivity contribution in [2.45, 2.75) is 18.8 Å². The van der Waals surface area contributed by atoms with Gasteiger partial charge in [-0.2, -0.15) is 0 Å². The van der Waals surface area contributed by atoms with Crippen molar-refractivity contribution in [3.05, 3.63) is 24.1 Å². The van der Waals surface area contributed by atoms with Gasteiger partial charge in [-0.15, -0.1) is 12.4 Å². The highest BCUT2D eigenvalue weighted by atomic mass is 35.5. The quantitative estimate of drug-likeness (QED) is 0.891. The van der Waals surface area contributed by atoms with E-state index < -0.39 is 0 Å². The van der Waals surface area contributed by atoms with Crippen LogP contribution in [0.2, 0.25) is 0 Å². The van der Waals surface area contributed by atoms with Crippen LogP contribution in [0.3, 0.4) is 0 Å². The molecular weight excluding hydrogens is 254 g/mol. The Balaban J connectivity index is 0.00000120. The van der Waals surface area contributed by atoms with E-state index in [0.29, 0.717) is 17.2 Å². The van der Waals surface area contributed by atoms with Crippen LogP contribution in [0.15, 0.2) is 22.6 Å². The Hall–Kier alpha value is -1.59. The molecule has 0 radical (unpaired) electrons. The summed E-state index contributed by atoms with van der Waals surface area (Å²) in [5.41, 5.74) is 7.46. The third-order valence-corrected chi connectivity index (χ3v) is 2.80. The average Bonchev–Trinajstić information content (AvgIpc) is 3.09. The first-order valence-corrected chi connectivity index (χ1v) is 5.66. The Bertz CT molecular complexity index is 578. The Kier molecular flexibility index (Phi) is 3.54.